The zero-order valence-electron chi connectivity index (χ0n) is 11.4. The quantitative estimate of drug-likeness (QED) is 0.546. The number of aliphatic hydroxyl groups is 1. The van der Waals surface area contributed by atoms with Crippen LogP contribution >= 0.6 is 0 Å². The molecule has 2 rings (SSSR count). The van der Waals surface area contributed by atoms with Crippen molar-refractivity contribution in [2.75, 3.05) is 19.8 Å². The Hall–Kier alpha value is -1.51. The van der Waals surface area contributed by atoms with Crippen LogP contribution in [0.2, 0.25) is 0 Å². The number of nitrogens with one attached hydrogen (secondary N) is 1. The topological polar surface area (TPSA) is 102 Å². The fraction of sp³-hybridized carbons (Fsp3) is 0.750. The number of nitrogens with zero attached hydrogens (tertiary/aromatic N) is 3. The molecule has 2 heterocycles. The third-order valence-corrected chi connectivity index (χ3v) is 3.58. The number of hydrogen-bond acceptors (Lipinski definition) is 6. The van der Waals surface area contributed by atoms with Crippen molar-refractivity contribution in [3.63, 3.8) is 0 Å². The Balaban J connectivity index is 1.73. The van der Waals surface area contributed by atoms with Gasteiger partial charge >= 0.3 is 5.69 Å². The zero-order valence-corrected chi connectivity index (χ0v) is 11.4. The fourth-order valence-corrected chi connectivity index (χ4v) is 2.26. The average molecular weight is 284 g/mol. The number of nitro groups is 1. The molecule has 112 valence electrons. The van der Waals surface area contributed by atoms with E-state index in [2.05, 4.69) is 17.3 Å². The van der Waals surface area contributed by atoms with Gasteiger partial charge < -0.3 is 15.2 Å². The monoisotopic (exact) mass is 284 g/mol. The molecule has 1 aliphatic heterocycles. The van der Waals surface area contributed by atoms with Gasteiger partial charge in [-0.1, -0.05) is 0 Å². The van der Waals surface area contributed by atoms with Crippen LogP contribution in [0.4, 0.5) is 5.69 Å². The lowest BCUT2D eigenvalue weighted by Crippen LogP contribution is -2.40. The van der Waals surface area contributed by atoms with Gasteiger partial charge in [-0.3, -0.25) is 14.8 Å². The summed E-state index contributed by atoms with van der Waals surface area (Å²) >= 11 is 0. The van der Waals surface area contributed by atoms with E-state index in [-0.39, 0.29) is 18.3 Å². The second-order valence-corrected chi connectivity index (χ2v) is 5.15. The lowest BCUT2D eigenvalue weighted by molar-refractivity contribution is -0.385. The molecule has 1 aromatic rings. The van der Waals surface area contributed by atoms with Gasteiger partial charge in [0.15, 0.2) is 0 Å². The van der Waals surface area contributed by atoms with E-state index >= 15 is 0 Å². The highest BCUT2D eigenvalue weighted by molar-refractivity contribution is 5.20. The third kappa shape index (κ3) is 3.99. The number of hydrogen-bond donors (Lipinski definition) is 2. The van der Waals surface area contributed by atoms with E-state index in [1.165, 1.54) is 17.1 Å². The number of rotatable bonds is 7. The Kier molecular flexibility index (Phi) is 5.05. The van der Waals surface area contributed by atoms with Crippen LogP contribution in [0.5, 0.6) is 0 Å². The van der Waals surface area contributed by atoms with Crippen LogP contribution in [0.1, 0.15) is 13.3 Å². The first-order chi connectivity index (χ1) is 9.56. The fourth-order valence-electron chi connectivity index (χ4n) is 2.26. The van der Waals surface area contributed by atoms with Crippen LogP contribution in [0, 0.1) is 16.0 Å². The molecule has 20 heavy (non-hydrogen) atoms. The van der Waals surface area contributed by atoms with Crippen molar-refractivity contribution in [3.8, 4) is 0 Å². The Morgan fingerprint density at radius 3 is 3.15 bits per heavy atom. The normalized spacial score (nSPS) is 21.8. The third-order valence-electron chi connectivity index (χ3n) is 3.58. The number of aromatic nitrogens is 2. The highest BCUT2D eigenvalue weighted by atomic mass is 16.6. The SMILES string of the molecule is CC(NCC(O)Cn1cc([N+](=O)[O-])cn1)C1CCOC1. The summed E-state index contributed by atoms with van der Waals surface area (Å²) in [5, 5.41) is 27.6. The summed E-state index contributed by atoms with van der Waals surface area (Å²) in [6.07, 6.45) is 2.89. The highest BCUT2D eigenvalue weighted by Gasteiger charge is 2.22. The van der Waals surface area contributed by atoms with Crippen molar-refractivity contribution in [3.05, 3.63) is 22.5 Å². The molecule has 8 nitrogen and oxygen atoms in total. The molecule has 1 aromatic heterocycles. The van der Waals surface area contributed by atoms with Crippen molar-refractivity contribution in [2.45, 2.75) is 32.0 Å². The van der Waals surface area contributed by atoms with E-state index in [1.54, 1.807) is 0 Å². The standard InChI is InChI=1S/C12H20N4O4/c1-9(10-2-3-20-8-10)13-5-12(17)7-15-6-11(4-14-15)16(18)19/h4,6,9-10,12-13,17H,2-3,5,7-8H2,1H3. The first-order valence-corrected chi connectivity index (χ1v) is 6.72. The average Bonchev–Trinajstić information content (AvgIpc) is 3.06. The summed E-state index contributed by atoms with van der Waals surface area (Å²) in [6.45, 7) is 4.29. The first-order valence-electron chi connectivity index (χ1n) is 6.72. The van der Waals surface area contributed by atoms with E-state index in [9.17, 15) is 15.2 Å². The van der Waals surface area contributed by atoms with Crippen LogP contribution in [0.15, 0.2) is 12.4 Å². The minimum absolute atomic E-state index is 0.0679. The van der Waals surface area contributed by atoms with Gasteiger partial charge in [0.25, 0.3) is 0 Å². The molecule has 0 bridgehead atoms. The van der Waals surface area contributed by atoms with Gasteiger partial charge in [-0.15, -0.1) is 0 Å². The van der Waals surface area contributed by atoms with Crippen molar-refractivity contribution < 1.29 is 14.8 Å². The van der Waals surface area contributed by atoms with E-state index in [0.717, 1.165) is 19.6 Å². The lowest BCUT2D eigenvalue weighted by atomic mass is 10.0. The molecule has 0 aliphatic carbocycles. The zero-order chi connectivity index (χ0) is 14.5. The Labute approximate surface area is 116 Å². The molecule has 1 aliphatic rings. The van der Waals surface area contributed by atoms with Crippen LogP contribution in [-0.2, 0) is 11.3 Å². The maximum atomic E-state index is 10.5. The van der Waals surface area contributed by atoms with Crippen molar-refractivity contribution in [1.82, 2.24) is 15.1 Å². The second kappa shape index (κ2) is 6.78. The summed E-state index contributed by atoms with van der Waals surface area (Å²) in [6, 6.07) is 0.277. The molecule has 8 heteroatoms. The van der Waals surface area contributed by atoms with Crippen LogP contribution in [-0.4, -0.2) is 51.7 Å². The number of aliphatic hydroxyl groups excluding tert-OH is 1. The van der Waals surface area contributed by atoms with Crippen molar-refractivity contribution in [2.24, 2.45) is 5.92 Å². The molecule has 2 N–H and O–H groups in total. The van der Waals surface area contributed by atoms with Crippen LogP contribution in [0.25, 0.3) is 0 Å². The molecular formula is C12H20N4O4. The summed E-state index contributed by atoms with van der Waals surface area (Å²) in [5.41, 5.74) is -0.0679. The first kappa shape index (κ1) is 14.9. The minimum atomic E-state index is -0.640. The largest absolute Gasteiger partial charge is 0.390 e. The van der Waals surface area contributed by atoms with Crippen LogP contribution < -0.4 is 5.32 Å². The summed E-state index contributed by atoms with van der Waals surface area (Å²) < 4.78 is 6.71. The van der Waals surface area contributed by atoms with Crippen LogP contribution in [0.3, 0.4) is 0 Å². The predicted molar refractivity (Wildman–Crippen MR) is 71.3 cm³/mol. The molecule has 3 unspecified atom stereocenters. The van der Waals surface area contributed by atoms with Crippen molar-refractivity contribution >= 4 is 5.69 Å². The van der Waals surface area contributed by atoms with Gasteiger partial charge in [-0.2, -0.15) is 5.10 Å². The Bertz CT molecular complexity index is 444. The maximum absolute atomic E-state index is 10.5. The molecule has 0 spiro atoms. The predicted octanol–water partition coefficient (Wildman–Crippen LogP) is 0.167. The minimum Gasteiger partial charge on any atom is -0.390 e. The summed E-state index contributed by atoms with van der Waals surface area (Å²) in [5.74, 6) is 0.480. The van der Waals surface area contributed by atoms with Crippen molar-refractivity contribution in [1.29, 1.82) is 0 Å². The Morgan fingerprint density at radius 2 is 2.55 bits per heavy atom. The van der Waals surface area contributed by atoms with E-state index < -0.39 is 11.0 Å². The molecule has 3 atom stereocenters. The molecule has 1 fully saturated rings. The van der Waals surface area contributed by atoms with Gasteiger partial charge in [-0.05, 0) is 19.3 Å². The van der Waals surface area contributed by atoms with E-state index in [4.69, 9.17) is 4.74 Å². The van der Waals surface area contributed by atoms with Gasteiger partial charge in [0.1, 0.15) is 12.4 Å². The molecule has 0 radical (unpaired) electrons. The summed E-state index contributed by atoms with van der Waals surface area (Å²) in [4.78, 5) is 10.0. The van der Waals surface area contributed by atoms with E-state index in [0.29, 0.717) is 12.5 Å². The molecule has 0 saturated carbocycles. The van der Waals surface area contributed by atoms with Gasteiger partial charge in [-0.25, -0.2) is 0 Å². The molecule has 0 aromatic carbocycles. The molecule has 1 saturated heterocycles. The maximum Gasteiger partial charge on any atom is 0.306 e. The molecule has 0 amide bonds. The second-order valence-electron chi connectivity index (χ2n) is 5.15. The summed E-state index contributed by atoms with van der Waals surface area (Å²) in [7, 11) is 0. The number of ether oxygens (including phenoxy) is 1. The smallest absolute Gasteiger partial charge is 0.306 e. The van der Waals surface area contributed by atoms with Gasteiger partial charge in [0.05, 0.1) is 24.2 Å². The van der Waals surface area contributed by atoms with E-state index in [1.807, 2.05) is 0 Å². The molecular weight excluding hydrogens is 264 g/mol. The Morgan fingerprint density at radius 1 is 1.75 bits per heavy atom. The van der Waals surface area contributed by atoms with Gasteiger partial charge in [0.2, 0.25) is 0 Å². The lowest BCUT2D eigenvalue weighted by Gasteiger charge is -2.21. The highest BCUT2D eigenvalue weighted by Crippen LogP contribution is 2.16. The van der Waals surface area contributed by atoms with Gasteiger partial charge in [0, 0.05) is 19.2 Å².